The second-order valence-electron chi connectivity index (χ2n) is 7.65. The minimum absolute atomic E-state index is 0.110. The summed E-state index contributed by atoms with van der Waals surface area (Å²) in [5.74, 6) is -2.18. The quantitative estimate of drug-likeness (QED) is 0.310. The third-order valence-electron chi connectivity index (χ3n) is 5.33. The van der Waals surface area contributed by atoms with Gasteiger partial charge >= 0.3 is 11.9 Å². The van der Waals surface area contributed by atoms with E-state index in [1.165, 1.54) is 0 Å². The zero-order valence-electron chi connectivity index (χ0n) is 17.7. The van der Waals surface area contributed by atoms with Gasteiger partial charge in [0.15, 0.2) is 5.82 Å². The van der Waals surface area contributed by atoms with E-state index in [-0.39, 0.29) is 30.8 Å². The molecule has 1 saturated heterocycles. The summed E-state index contributed by atoms with van der Waals surface area (Å²) in [7, 11) is 0. The fraction of sp³-hybridized carbons (Fsp3) is 0.348. The van der Waals surface area contributed by atoms with Crippen molar-refractivity contribution in [3.63, 3.8) is 0 Å². The number of aliphatic carboxylic acids is 1. The topological polar surface area (TPSA) is 120 Å². The lowest BCUT2D eigenvalue weighted by Gasteiger charge is -2.37. The van der Waals surface area contributed by atoms with Crippen LogP contribution < -0.4 is 15.5 Å². The number of anilines is 2. The SMILES string of the molecule is N=C(N)CC(=O)OCc1cccc(N2CCN(c3ccc(CCC(=O)O)cc3)CC2)c1F. The summed E-state index contributed by atoms with van der Waals surface area (Å²) in [6, 6.07) is 12.9. The highest BCUT2D eigenvalue weighted by atomic mass is 19.1. The van der Waals surface area contributed by atoms with Crippen LogP contribution in [0.5, 0.6) is 0 Å². The number of hydrogen-bond acceptors (Lipinski definition) is 6. The van der Waals surface area contributed by atoms with Gasteiger partial charge < -0.3 is 25.4 Å². The average molecular weight is 442 g/mol. The number of aryl methyl sites for hydroxylation is 1. The second kappa shape index (κ2) is 10.6. The van der Waals surface area contributed by atoms with Crippen LogP contribution >= 0.6 is 0 Å². The highest BCUT2D eigenvalue weighted by Gasteiger charge is 2.21. The molecule has 0 atom stereocenters. The summed E-state index contributed by atoms with van der Waals surface area (Å²) in [6.45, 7) is 2.48. The third kappa shape index (κ3) is 6.19. The van der Waals surface area contributed by atoms with E-state index in [0.29, 0.717) is 38.3 Å². The molecule has 4 N–H and O–H groups in total. The van der Waals surface area contributed by atoms with Crippen molar-refractivity contribution >= 4 is 29.1 Å². The van der Waals surface area contributed by atoms with Crippen LogP contribution in [-0.2, 0) is 27.4 Å². The number of carboxylic acid groups (broad SMARTS) is 1. The number of ether oxygens (including phenoxy) is 1. The number of carbonyl (C=O) groups is 2. The van der Waals surface area contributed by atoms with Crippen LogP contribution in [0, 0.1) is 11.2 Å². The molecule has 0 amide bonds. The maximum atomic E-state index is 15.0. The van der Waals surface area contributed by atoms with Crippen molar-refractivity contribution in [3.05, 3.63) is 59.4 Å². The number of hydrogen-bond donors (Lipinski definition) is 3. The predicted octanol–water partition coefficient (Wildman–Crippen LogP) is 2.54. The van der Waals surface area contributed by atoms with Gasteiger partial charge in [0, 0.05) is 43.9 Å². The Kier molecular flexibility index (Phi) is 7.64. The molecule has 1 heterocycles. The molecule has 0 aromatic heterocycles. The number of halogens is 1. The van der Waals surface area contributed by atoms with E-state index in [1.54, 1.807) is 18.2 Å². The molecule has 0 aliphatic carbocycles. The summed E-state index contributed by atoms with van der Waals surface area (Å²) < 4.78 is 20.0. The van der Waals surface area contributed by atoms with Crippen LogP contribution in [0.25, 0.3) is 0 Å². The molecular formula is C23H27FN4O4. The largest absolute Gasteiger partial charge is 0.481 e. The van der Waals surface area contributed by atoms with E-state index in [0.717, 1.165) is 11.3 Å². The van der Waals surface area contributed by atoms with Gasteiger partial charge in [0.05, 0.1) is 5.69 Å². The van der Waals surface area contributed by atoms with E-state index in [9.17, 15) is 9.59 Å². The van der Waals surface area contributed by atoms with Gasteiger partial charge in [0.25, 0.3) is 0 Å². The first-order chi connectivity index (χ1) is 15.3. The fourth-order valence-electron chi connectivity index (χ4n) is 3.62. The Morgan fingerprint density at radius 3 is 2.34 bits per heavy atom. The minimum Gasteiger partial charge on any atom is -0.481 e. The molecule has 32 heavy (non-hydrogen) atoms. The van der Waals surface area contributed by atoms with Crippen molar-refractivity contribution in [3.8, 4) is 0 Å². The molecular weight excluding hydrogens is 415 g/mol. The summed E-state index contributed by atoms with van der Waals surface area (Å²) >= 11 is 0. The Morgan fingerprint density at radius 2 is 1.72 bits per heavy atom. The molecule has 170 valence electrons. The van der Waals surface area contributed by atoms with Crippen LogP contribution in [0.15, 0.2) is 42.5 Å². The van der Waals surface area contributed by atoms with Crippen molar-refractivity contribution in [2.75, 3.05) is 36.0 Å². The van der Waals surface area contributed by atoms with Gasteiger partial charge in [-0.05, 0) is 30.2 Å². The summed E-state index contributed by atoms with van der Waals surface area (Å²) in [4.78, 5) is 26.5. The molecule has 1 aliphatic heterocycles. The zero-order valence-corrected chi connectivity index (χ0v) is 17.7. The highest BCUT2D eigenvalue weighted by molar-refractivity contribution is 5.94. The van der Waals surface area contributed by atoms with Crippen molar-refractivity contribution < 1.29 is 23.8 Å². The van der Waals surface area contributed by atoms with E-state index < -0.39 is 17.8 Å². The van der Waals surface area contributed by atoms with Crippen LogP contribution in [0.2, 0.25) is 0 Å². The van der Waals surface area contributed by atoms with E-state index in [1.807, 2.05) is 29.2 Å². The summed E-state index contributed by atoms with van der Waals surface area (Å²) in [5, 5.41) is 15.9. The van der Waals surface area contributed by atoms with Gasteiger partial charge in [-0.3, -0.25) is 15.0 Å². The molecule has 8 nitrogen and oxygen atoms in total. The van der Waals surface area contributed by atoms with Crippen LogP contribution in [0.4, 0.5) is 15.8 Å². The first-order valence-corrected chi connectivity index (χ1v) is 10.4. The Bertz CT molecular complexity index is 972. The van der Waals surface area contributed by atoms with Gasteiger partial charge in [0.2, 0.25) is 0 Å². The lowest BCUT2D eigenvalue weighted by atomic mass is 10.1. The van der Waals surface area contributed by atoms with Gasteiger partial charge in [-0.1, -0.05) is 24.3 Å². The first-order valence-electron chi connectivity index (χ1n) is 10.4. The molecule has 1 fully saturated rings. The monoisotopic (exact) mass is 442 g/mol. The number of nitrogens with zero attached hydrogens (tertiary/aromatic N) is 2. The Morgan fingerprint density at radius 1 is 1.06 bits per heavy atom. The van der Waals surface area contributed by atoms with Crippen LogP contribution in [0.3, 0.4) is 0 Å². The molecule has 0 saturated carbocycles. The maximum absolute atomic E-state index is 15.0. The molecule has 0 bridgehead atoms. The van der Waals surface area contributed by atoms with Gasteiger partial charge in [-0.2, -0.15) is 0 Å². The molecule has 0 radical (unpaired) electrons. The molecule has 2 aromatic carbocycles. The van der Waals surface area contributed by atoms with E-state index >= 15 is 4.39 Å². The predicted molar refractivity (Wildman–Crippen MR) is 120 cm³/mol. The van der Waals surface area contributed by atoms with Crippen LogP contribution in [-0.4, -0.2) is 49.1 Å². The Hall–Kier alpha value is -3.62. The minimum atomic E-state index is -0.810. The number of rotatable bonds is 9. The van der Waals surface area contributed by atoms with Gasteiger partial charge in [0.1, 0.15) is 18.9 Å². The Labute approximate surface area is 185 Å². The maximum Gasteiger partial charge on any atom is 0.313 e. The van der Waals surface area contributed by atoms with Gasteiger partial charge in [-0.25, -0.2) is 4.39 Å². The molecule has 3 rings (SSSR count). The molecule has 1 aliphatic rings. The standard InChI is InChI=1S/C23H27FN4O4/c24-23-17(15-32-22(31)14-20(25)26)2-1-3-19(23)28-12-10-27(11-13-28)18-7-4-16(5-8-18)6-9-21(29)30/h1-5,7-8H,6,9-15H2,(H3,25,26)(H,29,30). The summed E-state index contributed by atoms with van der Waals surface area (Å²) in [5.41, 5.74) is 7.95. The molecule has 0 unspecified atom stereocenters. The lowest BCUT2D eigenvalue weighted by Crippen LogP contribution is -2.46. The number of esters is 1. The number of carbonyl (C=O) groups excluding carboxylic acids is 1. The lowest BCUT2D eigenvalue weighted by molar-refractivity contribution is -0.143. The third-order valence-corrected chi connectivity index (χ3v) is 5.33. The molecule has 0 spiro atoms. The van der Waals surface area contributed by atoms with Crippen molar-refractivity contribution in [2.24, 2.45) is 5.73 Å². The normalized spacial score (nSPS) is 13.7. The van der Waals surface area contributed by atoms with E-state index in [2.05, 4.69) is 4.90 Å². The van der Waals surface area contributed by atoms with E-state index in [4.69, 9.17) is 21.0 Å². The number of nitrogens with two attached hydrogens (primary N) is 1. The number of benzene rings is 2. The Balaban J connectivity index is 1.57. The number of nitrogens with one attached hydrogen (secondary N) is 1. The average Bonchev–Trinajstić information content (AvgIpc) is 2.77. The van der Waals surface area contributed by atoms with Crippen LogP contribution in [0.1, 0.15) is 24.0 Å². The number of piperazine rings is 1. The van der Waals surface area contributed by atoms with Gasteiger partial charge in [-0.15, -0.1) is 0 Å². The van der Waals surface area contributed by atoms with Crippen molar-refractivity contribution in [1.82, 2.24) is 0 Å². The fourth-order valence-corrected chi connectivity index (χ4v) is 3.62. The number of carboxylic acids is 1. The molecule has 9 heteroatoms. The second-order valence-corrected chi connectivity index (χ2v) is 7.65. The zero-order chi connectivity index (χ0) is 23.1. The first kappa shape index (κ1) is 23.1. The number of amidine groups is 1. The molecule has 2 aromatic rings. The van der Waals surface area contributed by atoms with Crippen molar-refractivity contribution in [1.29, 1.82) is 5.41 Å². The van der Waals surface area contributed by atoms with Crippen molar-refractivity contribution in [2.45, 2.75) is 25.9 Å². The smallest absolute Gasteiger partial charge is 0.313 e. The highest BCUT2D eigenvalue weighted by Crippen LogP contribution is 2.26. The summed E-state index contributed by atoms with van der Waals surface area (Å²) in [6.07, 6.45) is 0.297.